The van der Waals surface area contributed by atoms with E-state index >= 15 is 0 Å². The van der Waals surface area contributed by atoms with E-state index in [0.29, 0.717) is 0 Å². The SMILES string of the molecule is C1CCC(NC2CCCCC2)CC1.CC.CC.CCC. The summed E-state index contributed by atoms with van der Waals surface area (Å²) in [4.78, 5) is 0. The van der Waals surface area contributed by atoms with Gasteiger partial charge >= 0.3 is 0 Å². The van der Waals surface area contributed by atoms with Crippen LogP contribution in [0, 0.1) is 0 Å². The van der Waals surface area contributed by atoms with E-state index < -0.39 is 0 Å². The predicted octanol–water partition coefficient (Wildman–Crippen LogP) is 6.71. The molecule has 0 aromatic heterocycles. The van der Waals surface area contributed by atoms with E-state index in [1.165, 1.54) is 70.6 Å². The molecule has 0 spiro atoms. The summed E-state index contributed by atoms with van der Waals surface area (Å²) in [5, 5.41) is 3.86. The van der Waals surface area contributed by atoms with Crippen LogP contribution in [0.25, 0.3) is 0 Å². The molecule has 0 aromatic carbocycles. The Kier molecular flexibility index (Phi) is 21.1. The summed E-state index contributed by atoms with van der Waals surface area (Å²) in [7, 11) is 0. The van der Waals surface area contributed by atoms with Crippen molar-refractivity contribution in [3.05, 3.63) is 0 Å². The number of rotatable bonds is 2. The van der Waals surface area contributed by atoms with Crippen molar-refractivity contribution >= 4 is 0 Å². The van der Waals surface area contributed by atoms with Crippen molar-refractivity contribution in [2.75, 3.05) is 0 Å². The minimum absolute atomic E-state index is 0.872. The van der Waals surface area contributed by atoms with Crippen molar-refractivity contribution < 1.29 is 0 Å². The summed E-state index contributed by atoms with van der Waals surface area (Å²) in [6.07, 6.45) is 15.8. The Morgan fingerprint density at radius 3 is 1.10 bits per heavy atom. The zero-order valence-corrected chi connectivity index (χ0v) is 15.4. The lowest BCUT2D eigenvalue weighted by Gasteiger charge is -2.30. The Bertz CT molecular complexity index is 128. The van der Waals surface area contributed by atoms with Crippen molar-refractivity contribution in [2.45, 2.75) is 124 Å². The summed E-state index contributed by atoms with van der Waals surface area (Å²) < 4.78 is 0. The van der Waals surface area contributed by atoms with Crippen molar-refractivity contribution in [1.29, 1.82) is 0 Å². The van der Waals surface area contributed by atoms with Crippen LogP contribution >= 0.6 is 0 Å². The van der Waals surface area contributed by atoms with Crippen LogP contribution < -0.4 is 5.32 Å². The van der Waals surface area contributed by atoms with Gasteiger partial charge in [-0.05, 0) is 25.7 Å². The molecular formula is C19H43N. The number of nitrogens with one attached hydrogen (secondary N) is 1. The van der Waals surface area contributed by atoms with Crippen molar-refractivity contribution in [3.8, 4) is 0 Å². The lowest BCUT2D eigenvalue weighted by atomic mass is 9.91. The van der Waals surface area contributed by atoms with Crippen LogP contribution in [0.1, 0.15) is 112 Å². The van der Waals surface area contributed by atoms with Gasteiger partial charge in [0.2, 0.25) is 0 Å². The minimum atomic E-state index is 0.872. The highest BCUT2D eigenvalue weighted by molar-refractivity contribution is 4.79. The third-order valence-corrected chi connectivity index (χ3v) is 3.68. The van der Waals surface area contributed by atoms with Gasteiger partial charge in [0.15, 0.2) is 0 Å². The van der Waals surface area contributed by atoms with Crippen molar-refractivity contribution in [1.82, 2.24) is 5.32 Å². The van der Waals surface area contributed by atoms with Crippen LogP contribution in [-0.2, 0) is 0 Å². The smallest absolute Gasteiger partial charge is 0.00696 e. The fourth-order valence-corrected chi connectivity index (χ4v) is 2.87. The summed E-state index contributed by atoms with van der Waals surface area (Å²) >= 11 is 0. The predicted molar refractivity (Wildman–Crippen MR) is 95.5 cm³/mol. The van der Waals surface area contributed by atoms with Gasteiger partial charge in [0.25, 0.3) is 0 Å². The summed E-state index contributed by atoms with van der Waals surface area (Å²) in [5.74, 6) is 0. The van der Waals surface area contributed by atoms with Crippen LogP contribution in [0.3, 0.4) is 0 Å². The second-order valence-electron chi connectivity index (χ2n) is 5.54. The van der Waals surface area contributed by atoms with Crippen LogP contribution in [-0.4, -0.2) is 12.1 Å². The van der Waals surface area contributed by atoms with Gasteiger partial charge in [0, 0.05) is 12.1 Å². The Hall–Kier alpha value is -0.0400. The largest absolute Gasteiger partial charge is 0.311 e. The van der Waals surface area contributed by atoms with E-state index in [0.717, 1.165) is 12.1 Å². The van der Waals surface area contributed by atoms with E-state index in [1.54, 1.807) is 0 Å². The third kappa shape index (κ3) is 13.0. The highest BCUT2D eigenvalue weighted by Crippen LogP contribution is 2.22. The van der Waals surface area contributed by atoms with Crippen LogP contribution in [0.5, 0.6) is 0 Å². The molecule has 124 valence electrons. The van der Waals surface area contributed by atoms with Gasteiger partial charge in [0.05, 0.1) is 0 Å². The first kappa shape index (κ1) is 22.2. The zero-order valence-electron chi connectivity index (χ0n) is 15.4. The quantitative estimate of drug-likeness (QED) is 0.594. The van der Waals surface area contributed by atoms with Crippen LogP contribution in [0.4, 0.5) is 0 Å². The first-order valence-electron chi connectivity index (χ1n) is 9.62. The van der Waals surface area contributed by atoms with E-state index in [2.05, 4.69) is 19.2 Å². The van der Waals surface area contributed by atoms with Gasteiger partial charge < -0.3 is 5.32 Å². The van der Waals surface area contributed by atoms with Gasteiger partial charge in [-0.3, -0.25) is 0 Å². The standard InChI is InChI=1S/C12H23N.C3H8.2C2H6/c1-3-7-11(8-4-1)13-12-9-5-2-6-10-12;1-3-2;2*1-2/h11-13H,1-10H2;3H2,1-2H3;2*1-2H3. The van der Waals surface area contributed by atoms with Crippen LogP contribution in [0.15, 0.2) is 0 Å². The topological polar surface area (TPSA) is 12.0 Å². The molecule has 0 radical (unpaired) electrons. The second-order valence-corrected chi connectivity index (χ2v) is 5.54. The van der Waals surface area contributed by atoms with Gasteiger partial charge in [-0.15, -0.1) is 0 Å². The molecule has 2 aliphatic carbocycles. The fourth-order valence-electron chi connectivity index (χ4n) is 2.87. The molecule has 1 heteroatoms. The molecule has 20 heavy (non-hydrogen) atoms. The highest BCUT2D eigenvalue weighted by Gasteiger charge is 2.19. The molecule has 0 aromatic rings. The number of hydrogen-bond acceptors (Lipinski definition) is 1. The average Bonchev–Trinajstić information content (AvgIpc) is 2.54. The Morgan fingerprint density at radius 2 is 0.850 bits per heavy atom. The van der Waals surface area contributed by atoms with E-state index in [1.807, 2.05) is 27.7 Å². The van der Waals surface area contributed by atoms with E-state index in [4.69, 9.17) is 0 Å². The van der Waals surface area contributed by atoms with Crippen molar-refractivity contribution in [3.63, 3.8) is 0 Å². The molecule has 1 N–H and O–H groups in total. The van der Waals surface area contributed by atoms with Gasteiger partial charge in [-0.25, -0.2) is 0 Å². The Balaban J connectivity index is 0. The molecule has 0 heterocycles. The average molecular weight is 286 g/mol. The molecule has 2 aliphatic rings. The van der Waals surface area contributed by atoms with Gasteiger partial charge in [0.1, 0.15) is 0 Å². The fraction of sp³-hybridized carbons (Fsp3) is 1.00. The van der Waals surface area contributed by atoms with E-state index in [9.17, 15) is 0 Å². The molecule has 0 amide bonds. The summed E-state index contributed by atoms with van der Waals surface area (Å²) in [5.41, 5.74) is 0. The molecule has 0 unspecified atom stereocenters. The zero-order chi connectivity index (χ0) is 15.6. The van der Waals surface area contributed by atoms with Gasteiger partial charge in [-0.2, -0.15) is 0 Å². The summed E-state index contributed by atoms with van der Waals surface area (Å²) in [6, 6.07) is 1.74. The molecule has 0 aliphatic heterocycles. The molecule has 2 saturated carbocycles. The normalized spacial score (nSPS) is 19.5. The second kappa shape index (κ2) is 19.0. The molecule has 0 bridgehead atoms. The lowest BCUT2D eigenvalue weighted by Crippen LogP contribution is -2.40. The highest BCUT2D eigenvalue weighted by atomic mass is 14.9. The molecule has 0 saturated heterocycles. The Labute approximate surface area is 130 Å². The first-order valence-corrected chi connectivity index (χ1v) is 9.62. The molecule has 2 rings (SSSR count). The molecule has 0 atom stereocenters. The molecule has 1 nitrogen and oxygen atoms in total. The monoisotopic (exact) mass is 285 g/mol. The summed E-state index contributed by atoms with van der Waals surface area (Å²) in [6.45, 7) is 12.2. The van der Waals surface area contributed by atoms with Crippen LogP contribution in [0.2, 0.25) is 0 Å². The maximum Gasteiger partial charge on any atom is 0.00696 e. The minimum Gasteiger partial charge on any atom is -0.311 e. The van der Waals surface area contributed by atoms with E-state index in [-0.39, 0.29) is 0 Å². The lowest BCUT2D eigenvalue weighted by molar-refractivity contribution is 0.291. The molecular weight excluding hydrogens is 242 g/mol. The third-order valence-electron chi connectivity index (χ3n) is 3.68. The Morgan fingerprint density at radius 1 is 0.600 bits per heavy atom. The van der Waals surface area contributed by atoms with Crippen molar-refractivity contribution in [2.24, 2.45) is 0 Å². The first-order chi connectivity index (χ1) is 9.86. The maximum absolute atomic E-state index is 3.86. The number of hydrogen-bond donors (Lipinski definition) is 1. The van der Waals surface area contributed by atoms with Gasteiger partial charge in [-0.1, -0.05) is 86.5 Å². The maximum atomic E-state index is 3.86. The molecule has 2 fully saturated rings.